The van der Waals surface area contributed by atoms with Crippen LogP contribution in [0.2, 0.25) is 0 Å². The Bertz CT molecular complexity index is 390. The average molecular weight is 251 g/mol. The van der Waals surface area contributed by atoms with Crippen LogP contribution in [0.4, 0.5) is 5.82 Å². The van der Waals surface area contributed by atoms with Crippen molar-refractivity contribution < 1.29 is 0 Å². The Kier molecular flexibility index (Phi) is 5.35. The molecule has 0 aliphatic rings. The lowest BCUT2D eigenvalue weighted by atomic mass is 10.1. The van der Waals surface area contributed by atoms with E-state index in [1.54, 1.807) is 0 Å². The topological polar surface area (TPSA) is 50.9 Å². The molecular formula is C13H21N3S. The molecule has 1 heterocycles. The fourth-order valence-corrected chi connectivity index (χ4v) is 1.95. The molecule has 1 rings (SSSR count). The summed E-state index contributed by atoms with van der Waals surface area (Å²) in [6, 6.07) is 4.30. The second kappa shape index (κ2) is 6.55. The van der Waals surface area contributed by atoms with Crippen molar-refractivity contribution in [3.8, 4) is 0 Å². The summed E-state index contributed by atoms with van der Waals surface area (Å²) in [5.41, 5.74) is 7.51. The molecule has 0 aromatic carbocycles. The van der Waals surface area contributed by atoms with Gasteiger partial charge in [-0.2, -0.15) is 0 Å². The number of hydrogen-bond donors (Lipinski definition) is 2. The monoisotopic (exact) mass is 251 g/mol. The van der Waals surface area contributed by atoms with Crippen molar-refractivity contribution in [2.24, 2.45) is 5.73 Å². The summed E-state index contributed by atoms with van der Waals surface area (Å²) in [7, 11) is 0. The zero-order chi connectivity index (χ0) is 12.8. The van der Waals surface area contributed by atoms with E-state index in [2.05, 4.69) is 24.1 Å². The molecule has 3 N–H and O–H groups in total. The van der Waals surface area contributed by atoms with Crippen LogP contribution < -0.4 is 11.1 Å². The number of pyridine rings is 1. The van der Waals surface area contributed by atoms with Gasteiger partial charge in [-0.15, -0.1) is 0 Å². The van der Waals surface area contributed by atoms with Gasteiger partial charge in [0.25, 0.3) is 0 Å². The number of aryl methyl sites for hydroxylation is 1. The number of hydrogen-bond acceptors (Lipinski definition) is 3. The molecule has 4 heteroatoms. The number of anilines is 1. The van der Waals surface area contributed by atoms with Gasteiger partial charge in [-0.3, -0.25) is 0 Å². The molecule has 0 spiro atoms. The van der Waals surface area contributed by atoms with E-state index < -0.39 is 0 Å². The Morgan fingerprint density at radius 1 is 1.47 bits per heavy atom. The van der Waals surface area contributed by atoms with Gasteiger partial charge in [0, 0.05) is 11.7 Å². The third kappa shape index (κ3) is 3.97. The van der Waals surface area contributed by atoms with Gasteiger partial charge >= 0.3 is 0 Å². The van der Waals surface area contributed by atoms with E-state index in [9.17, 15) is 0 Å². The van der Waals surface area contributed by atoms with Crippen molar-refractivity contribution in [2.45, 2.75) is 46.1 Å². The number of thiocarbonyl (C=S) groups is 1. The molecule has 1 unspecified atom stereocenters. The maximum atomic E-state index is 5.71. The van der Waals surface area contributed by atoms with E-state index in [4.69, 9.17) is 18.0 Å². The minimum absolute atomic E-state index is 0.395. The van der Waals surface area contributed by atoms with Crippen molar-refractivity contribution in [1.29, 1.82) is 0 Å². The molecule has 0 saturated heterocycles. The summed E-state index contributed by atoms with van der Waals surface area (Å²) >= 11 is 5.04. The first-order chi connectivity index (χ1) is 8.08. The molecule has 94 valence electrons. The van der Waals surface area contributed by atoms with Gasteiger partial charge in [0.2, 0.25) is 0 Å². The number of nitrogens with two attached hydrogens (primary N) is 1. The van der Waals surface area contributed by atoms with Crippen molar-refractivity contribution in [1.82, 2.24) is 4.98 Å². The van der Waals surface area contributed by atoms with Gasteiger partial charge in [-0.05, 0) is 31.9 Å². The van der Waals surface area contributed by atoms with Crippen molar-refractivity contribution in [3.05, 3.63) is 23.4 Å². The number of nitrogens with one attached hydrogen (secondary N) is 1. The number of aromatic nitrogens is 1. The lowest BCUT2D eigenvalue weighted by Crippen LogP contribution is -2.22. The van der Waals surface area contributed by atoms with Crippen molar-refractivity contribution >= 4 is 23.0 Å². The fraction of sp³-hybridized carbons (Fsp3) is 0.538. The van der Waals surface area contributed by atoms with Crippen LogP contribution in [0, 0.1) is 6.92 Å². The van der Waals surface area contributed by atoms with Gasteiger partial charge in [0.1, 0.15) is 10.8 Å². The minimum Gasteiger partial charge on any atom is -0.389 e. The SMILES string of the molecule is CCCC(CC)Nc1nc(C)ccc1C(N)=S. The van der Waals surface area contributed by atoms with E-state index in [1.807, 2.05) is 19.1 Å². The predicted octanol–water partition coefficient (Wildman–Crippen LogP) is 3.01. The summed E-state index contributed by atoms with van der Waals surface area (Å²) < 4.78 is 0. The second-order valence-corrected chi connectivity index (χ2v) is 4.69. The summed E-state index contributed by atoms with van der Waals surface area (Å²) in [6.07, 6.45) is 3.35. The standard InChI is InChI=1S/C13H21N3S/c1-4-6-10(5-2)16-13-11(12(14)17)8-7-9(3)15-13/h7-8,10H,4-6H2,1-3H3,(H2,14,17)(H,15,16). The summed E-state index contributed by atoms with van der Waals surface area (Å²) in [5.74, 6) is 0.817. The molecule has 1 atom stereocenters. The third-order valence-electron chi connectivity index (χ3n) is 2.77. The quantitative estimate of drug-likeness (QED) is 0.763. The van der Waals surface area contributed by atoms with Crippen LogP contribution in [0.3, 0.4) is 0 Å². The predicted molar refractivity (Wildman–Crippen MR) is 77.5 cm³/mol. The number of rotatable bonds is 6. The van der Waals surface area contributed by atoms with Crippen LogP contribution in [0.1, 0.15) is 44.4 Å². The highest BCUT2D eigenvalue weighted by Gasteiger charge is 2.11. The fourth-order valence-electron chi connectivity index (χ4n) is 1.79. The Morgan fingerprint density at radius 3 is 2.71 bits per heavy atom. The van der Waals surface area contributed by atoms with Crippen LogP contribution in [-0.2, 0) is 0 Å². The minimum atomic E-state index is 0.395. The zero-order valence-corrected chi connectivity index (χ0v) is 11.6. The van der Waals surface area contributed by atoms with E-state index in [1.165, 1.54) is 0 Å². The highest BCUT2D eigenvalue weighted by Crippen LogP contribution is 2.17. The number of nitrogens with zero attached hydrogens (tertiary/aromatic N) is 1. The molecule has 1 aromatic heterocycles. The van der Waals surface area contributed by atoms with E-state index in [0.29, 0.717) is 11.0 Å². The maximum Gasteiger partial charge on any atom is 0.136 e. The first-order valence-corrected chi connectivity index (χ1v) is 6.53. The van der Waals surface area contributed by atoms with E-state index >= 15 is 0 Å². The highest BCUT2D eigenvalue weighted by molar-refractivity contribution is 7.80. The molecule has 0 bridgehead atoms. The zero-order valence-electron chi connectivity index (χ0n) is 10.8. The second-order valence-electron chi connectivity index (χ2n) is 4.25. The normalized spacial score (nSPS) is 12.2. The Hall–Kier alpha value is -1.16. The molecule has 0 radical (unpaired) electrons. The summed E-state index contributed by atoms with van der Waals surface area (Å²) in [6.45, 7) is 6.32. The Morgan fingerprint density at radius 2 is 2.18 bits per heavy atom. The largest absolute Gasteiger partial charge is 0.389 e. The molecule has 0 amide bonds. The average Bonchev–Trinajstić information content (AvgIpc) is 2.28. The highest BCUT2D eigenvalue weighted by atomic mass is 32.1. The van der Waals surface area contributed by atoms with Gasteiger partial charge < -0.3 is 11.1 Å². The molecular weight excluding hydrogens is 230 g/mol. The maximum absolute atomic E-state index is 5.71. The third-order valence-corrected chi connectivity index (χ3v) is 2.99. The van der Waals surface area contributed by atoms with Crippen LogP contribution in [0.25, 0.3) is 0 Å². The summed E-state index contributed by atoms with van der Waals surface area (Å²) in [4.78, 5) is 4.88. The van der Waals surface area contributed by atoms with Crippen LogP contribution in [0.15, 0.2) is 12.1 Å². The lowest BCUT2D eigenvalue weighted by Gasteiger charge is -2.19. The Labute approximate surface area is 109 Å². The van der Waals surface area contributed by atoms with Gasteiger partial charge in [-0.25, -0.2) is 4.98 Å². The first kappa shape index (κ1) is 13.9. The van der Waals surface area contributed by atoms with Crippen molar-refractivity contribution in [3.63, 3.8) is 0 Å². The van der Waals surface area contributed by atoms with Crippen LogP contribution >= 0.6 is 12.2 Å². The van der Waals surface area contributed by atoms with Crippen LogP contribution in [-0.4, -0.2) is 16.0 Å². The Balaban J connectivity index is 2.94. The first-order valence-electron chi connectivity index (χ1n) is 6.12. The molecule has 0 aliphatic heterocycles. The molecule has 17 heavy (non-hydrogen) atoms. The summed E-state index contributed by atoms with van der Waals surface area (Å²) in [5, 5.41) is 3.44. The molecule has 3 nitrogen and oxygen atoms in total. The molecule has 1 aromatic rings. The molecule has 0 aliphatic carbocycles. The molecule has 0 saturated carbocycles. The van der Waals surface area contributed by atoms with Gasteiger partial charge in [0.15, 0.2) is 0 Å². The van der Waals surface area contributed by atoms with Crippen LogP contribution in [0.5, 0.6) is 0 Å². The van der Waals surface area contributed by atoms with Gasteiger partial charge in [-0.1, -0.05) is 32.5 Å². The van der Waals surface area contributed by atoms with E-state index in [-0.39, 0.29) is 0 Å². The smallest absolute Gasteiger partial charge is 0.136 e. The van der Waals surface area contributed by atoms with Crippen molar-refractivity contribution in [2.75, 3.05) is 5.32 Å². The molecule has 0 fully saturated rings. The lowest BCUT2D eigenvalue weighted by molar-refractivity contribution is 0.620. The van der Waals surface area contributed by atoms with Gasteiger partial charge in [0.05, 0.1) is 5.56 Å². The van der Waals surface area contributed by atoms with E-state index in [0.717, 1.165) is 36.3 Å².